The molecule has 1 unspecified atom stereocenters. The van der Waals surface area contributed by atoms with E-state index < -0.39 is 6.04 Å². The molecule has 2 heterocycles. The SMILES string of the molecule is NNC(Cc1ccc2ccccc2n1)c1ncccc1F. The number of halogens is 1. The van der Waals surface area contributed by atoms with Gasteiger partial charge >= 0.3 is 0 Å². The highest BCUT2D eigenvalue weighted by Crippen LogP contribution is 2.19. The summed E-state index contributed by atoms with van der Waals surface area (Å²) in [6.45, 7) is 0. The highest BCUT2D eigenvalue weighted by Gasteiger charge is 2.17. The summed E-state index contributed by atoms with van der Waals surface area (Å²) in [7, 11) is 0. The number of pyridine rings is 2. The van der Waals surface area contributed by atoms with Gasteiger partial charge in [-0.2, -0.15) is 0 Å². The molecule has 106 valence electrons. The van der Waals surface area contributed by atoms with E-state index in [0.717, 1.165) is 16.6 Å². The number of benzene rings is 1. The lowest BCUT2D eigenvalue weighted by Crippen LogP contribution is -2.31. The van der Waals surface area contributed by atoms with Crippen LogP contribution in [0, 0.1) is 5.82 Å². The predicted molar refractivity (Wildman–Crippen MR) is 79.7 cm³/mol. The van der Waals surface area contributed by atoms with Crippen molar-refractivity contribution in [1.82, 2.24) is 15.4 Å². The van der Waals surface area contributed by atoms with E-state index >= 15 is 0 Å². The van der Waals surface area contributed by atoms with Gasteiger partial charge in [0.25, 0.3) is 0 Å². The van der Waals surface area contributed by atoms with Crippen LogP contribution in [0.1, 0.15) is 17.4 Å². The van der Waals surface area contributed by atoms with Gasteiger partial charge in [-0.1, -0.05) is 24.3 Å². The molecule has 5 heteroatoms. The van der Waals surface area contributed by atoms with E-state index in [0.29, 0.717) is 12.1 Å². The number of aromatic nitrogens is 2. The van der Waals surface area contributed by atoms with Crippen molar-refractivity contribution in [2.45, 2.75) is 12.5 Å². The van der Waals surface area contributed by atoms with Crippen molar-refractivity contribution < 1.29 is 4.39 Å². The van der Waals surface area contributed by atoms with Crippen molar-refractivity contribution in [3.05, 3.63) is 71.9 Å². The number of rotatable bonds is 4. The van der Waals surface area contributed by atoms with Crippen LogP contribution in [0.4, 0.5) is 4.39 Å². The molecule has 0 aliphatic carbocycles. The molecule has 1 aromatic carbocycles. The fourth-order valence-electron chi connectivity index (χ4n) is 2.32. The fraction of sp³-hybridized carbons (Fsp3) is 0.125. The first-order valence-electron chi connectivity index (χ1n) is 6.69. The third kappa shape index (κ3) is 2.89. The highest BCUT2D eigenvalue weighted by atomic mass is 19.1. The van der Waals surface area contributed by atoms with Crippen LogP contribution in [-0.4, -0.2) is 9.97 Å². The van der Waals surface area contributed by atoms with Crippen LogP contribution in [0.2, 0.25) is 0 Å². The van der Waals surface area contributed by atoms with Crippen molar-refractivity contribution in [2.75, 3.05) is 0 Å². The first-order valence-corrected chi connectivity index (χ1v) is 6.69. The number of nitrogens with zero attached hydrogens (tertiary/aromatic N) is 2. The molecule has 1 atom stereocenters. The number of fused-ring (bicyclic) bond motifs is 1. The minimum absolute atomic E-state index is 0.301. The molecule has 4 nitrogen and oxygen atoms in total. The minimum atomic E-state index is -0.417. The third-order valence-corrected chi connectivity index (χ3v) is 3.39. The predicted octanol–water partition coefficient (Wildman–Crippen LogP) is 2.52. The average molecular weight is 282 g/mol. The second kappa shape index (κ2) is 5.95. The maximum Gasteiger partial charge on any atom is 0.146 e. The fourth-order valence-corrected chi connectivity index (χ4v) is 2.32. The molecule has 0 saturated carbocycles. The summed E-state index contributed by atoms with van der Waals surface area (Å²) >= 11 is 0. The van der Waals surface area contributed by atoms with E-state index in [4.69, 9.17) is 5.84 Å². The van der Waals surface area contributed by atoms with Crippen molar-refractivity contribution in [3.63, 3.8) is 0 Å². The first-order chi connectivity index (χ1) is 10.3. The maximum atomic E-state index is 13.8. The van der Waals surface area contributed by atoms with Gasteiger partial charge in [-0.3, -0.25) is 21.2 Å². The van der Waals surface area contributed by atoms with Crippen LogP contribution >= 0.6 is 0 Å². The summed E-state index contributed by atoms with van der Waals surface area (Å²) in [5, 5.41) is 1.07. The normalized spacial score (nSPS) is 12.5. The molecule has 2 aromatic heterocycles. The summed E-state index contributed by atoms with van der Waals surface area (Å²) in [4.78, 5) is 8.64. The first kappa shape index (κ1) is 13.6. The quantitative estimate of drug-likeness (QED) is 0.570. The van der Waals surface area contributed by atoms with Gasteiger partial charge in [-0.05, 0) is 24.3 Å². The van der Waals surface area contributed by atoms with Gasteiger partial charge in [0.15, 0.2) is 0 Å². The number of nitrogens with one attached hydrogen (secondary N) is 1. The molecule has 0 saturated heterocycles. The monoisotopic (exact) mass is 282 g/mol. The van der Waals surface area contributed by atoms with Crippen LogP contribution in [-0.2, 0) is 6.42 Å². The summed E-state index contributed by atoms with van der Waals surface area (Å²) in [6, 6.07) is 14.3. The molecule has 0 radical (unpaired) electrons. The number of para-hydroxylation sites is 1. The van der Waals surface area contributed by atoms with Crippen LogP contribution < -0.4 is 11.3 Å². The van der Waals surface area contributed by atoms with Crippen LogP contribution in [0.25, 0.3) is 10.9 Å². The van der Waals surface area contributed by atoms with E-state index in [1.807, 2.05) is 36.4 Å². The molecular weight excluding hydrogens is 267 g/mol. The third-order valence-electron chi connectivity index (χ3n) is 3.39. The average Bonchev–Trinajstić information content (AvgIpc) is 2.53. The smallest absolute Gasteiger partial charge is 0.146 e. The molecule has 0 aliphatic heterocycles. The lowest BCUT2D eigenvalue weighted by molar-refractivity contribution is 0.491. The summed E-state index contributed by atoms with van der Waals surface area (Å²) < 4.78 is 13.8. The Morgan fingerprint density at radius 2 is 1.95 bits per heavy atom. The number of hydrazine groups is 1. The standard InChI is InChI=1S/C16H15FN4/c17-13-5-3-9-19-16(13)15(21-18)10-12-8-7-11-4-1-2-6-14(11)20-12/h1-9,15,21H,10,18H2. The largest absolute Gasteiger partial charge is 0.271 e. The lowest BCUT2D eigenvalue weighted by Gasteiger charge is -2.15. The second-order valence-corrected chi connectivity index (χ2v) is 4.79. The minimum Gasteiger partial charge on any atom is -0.271 e. The van der Waals surface area contributed by atoms with Gasteiger partial charge in [0.1, 0.15) is 5.82 Å². The molecule has 21 heavy (non-hydrogen) atoms. The van der Waals surface area contributed by atoms with Gasteiger partial charge < -0.3 is 0 Å². The Bertz CT molecular complexity index is 760. The van der Waals surface area contributed by atoms with Crippen molar-refractivity contribution in [1.29, 1.82) is 0 Å². The van der Waals surface area contributed by atoms with Crippen molar-refractivity contribution in [2.24, 2.45) is 5.84 Å². The zero-order valence-electron chi connectivity index (χ0n) is 11.3. The van der Waals surface area contributed by atoms with Gasteiger partial charge in [0.2, 0.25) is 0 Å². The highest BCUT2D eigenvalue weighted by molar-refractivity contribution is 5.78. The van der Waals surface area contributed by atoms with E-state index in [1.165, 1.54) is 6.07 Å². The van der Waals surface area contributed by atoms with E-state index in [2.05, 4.69) is 15.4 Å². The van der Waals surface area contributed by atoms with Crippen molar-refractivity contribution in [3.8, 4) is 0 Å². The Hall–Kier alpha value is -2.37. The van der Waals surface area contributed by atoms with Crippen LogP contribution in [0.5, 0.6) is 0 Å². The molecule has 0 spiro atoms. The van der Waals surface area contributed by atoms with Gasteiger partial charge in [-0.25, -0.2) is 4.39 Å². The molecular formula is C16H15FN4. The maximum absolute atomic E-state index is 13.8. The van der Waals surface area contributed by atoms with E-state index in [-0.39, 0.29) is 5.82 Å². The Labute approximate surface area is 121 Å². The summed E-state index contributed by atoms with van der Waals surface area (Å²) in [5.74, 6) is 5.18. The Balaban J connectivity index is 1.90. The lowest BCUT2D eigenvalue weighted by atomic mass is 10.1. The molecule has 3 aromatic rings. The van der Waals surface area contributed by atoms with Gasteiger partial charge in [-0.15, -0.1) is 0 Å². The van der Waals surface area contributed by atoms with Crippen LogP contribution in [0.3, 0.4) is 0 Å². The Morgan fingerprint density at radius 3 is 2.76 bits per heavy atom. The Kier molecular flexibility index (Phi) is 3.85. The number of hydrogen-bond donors (Lipinski definition) is 2. The molecule has 3 N–H and O–H groups in total. The molecule has 0 aliphatic rings. The molecule has 0 amide bonds. The zero-order valence-corrected chi connectivity index (χ0v) is 11.3. The molecule has 0 fully saturated rings. The second-order valence-electron chi connectivity index (χ2n) is 4.79. The van der Waals surface area contributed by atoms with Crippen molar-refractivity contribution >= 4 is 10.9 Å². The number of nitrogens with two attached hydrogens (primary N) is 1. The van der Waals surface area contributed by atoms with E-state index in [9.17, 15) is 4.39 Å². The summed E-state index contributed by atoms with van der Waals surface area (Å²) in [5.41, 5.74) is 4.66. The van der Waals surface area contributed by atoms with Crippen LogP contribution in [0.15, 0.2) is 54.7 Å². The number of hydrogen-bond acceptors (Lipinski definition) is 4. The summed E-state index contributed by atoms with van der Waals surface area (Å²) in [6.07, 6.45) is 2.02. The van der Waals surface area contributed by atoms with E-state index in [1.54, 1.807) is 12.3 Å². The van der Waals surface area contributed by atoms with Gasteiger partial charge in [0, 0.05) is 23.7 Å². The molecule has 0 bridgehead atoms. The topological polar surface area (TPSA) is 63.8 Å². The van der Waals surface area contributed by atoms with Gasteiger partial charge in [0.05, 0.1) is 17.3 Å². The molecule has 3 rings (SSSR count). The zero-order chi connectivity index (χ0) is 14.7. The Morgan fingerprint density at radius 1 is 1.10 bits per heavy atom.